The maximum absolute atomic E-state index is 12.8. The van der Waals surface area contributed by atoms with Crippen molar-refractivity contribution in [3.63, 3.8) is 0 Å². The Morgan fingerprint density at radius 3 is 2.27 bits per heavy atom. The SMILES string of the molecule is CN(CCCC(=O)Nc1ccc(CO)cc1)C(=O)CCN1C[C@H]2CC(OC(=O)Nc3ccccc3-c3ccccc3)C[C@H]2C1. The number of para-hydroxylation sites is 1. The van der Waals surface area contributed by atoms with E-state index in [1.807, 2.05) is 54.6 Å². The summed E-state index contributed by atoms with van der Waals surface area (Å²) in [6.45, 7) is 3.04. The molecule has 0 aromatic heterocycles. The van der Waals surface area contributed by atoms with E-state index in [0.29, 0.717) is 49.9 Å². The summed E-state index contributed by atoms with van der Waals surface area (Å²) >= 11 is 0. The Morgan fingerprint density at radius 1 is 0.886 bits per heavy atom. The lowest BCUT2D eigenvalue weighted by Gasteiger charge is -2.21. The number of anilines is 2. The number of ether oxygens (including phenoxy) is 1. The molecule has 3 N–H and O–H groups in total. The number of rotatable bonds is 12. The zero-order chi connectivity index (χ0) is 30.9. The van der Waals surface area contributed by atoms with Crippen molar-refractivity contribution in [3.05, 3.63) is 84.4 Å². The fourth-order valence-electron chi connectivity index (χ4n) is 6.34. The molecule has 0 radical (unpaired) electrons. The second-order valence-corrected chi connectivity index (χ2v) is 11.9. The van der Waals surface area contributed by atoms with E-state index in [-0.39, 0.29) is 24.5 Å². The van der Waals surface area contributed by atoms with Gasteiger partial charge in [-0.05, 0) is 60.4 Å². The first-order valence-electron chi connectivity index (χ1n) is 15.5. The molecule has 3 aromatic rings. The minimum absolute atomic E-state index is 0.0323. The van der Waals surface area contributed by atoms with Crippen LogP contribution in [0.1, 0.15) is 37.7 Å². The number of carbonyl (C=O) groups is 3. The number of fused-ring (bicyclic) bond motifs is 1. The van der Waals surface area contributed by atoms with Crippen molar-refractivity contribution in [1.29, 1.82) is 0 Å². The molecule has 1 unspecified atom stereocenters. The largest absolute Gasteiger partial charge is 0.446 e. The van der Waals surface area contributed by atoms with Gasteiger partial charge >= 0.3 is 6.09 Å². The monoisotopic (exact) mass is 598 g/mol. The predicted octanol–water partition coefficient (Wildman–Crippen LogP) is 5.37. The van der Waals surface area contributed by atoms with Gasteiger partial charge in [0.2, 0.25) is 11.8 Å². The second-order valence-electron chi connectivity index (χ2n) is 11.9. The molecule has 232 valence electrons. The molecule has 0 bridgehead atoms. The Bertz CT molecular complexity index is 1400. The quantitative estimate of drug-likeness (QED) is 0.259. The molecule has 44 heavy (non-hydrogen) atoms. The summed E-state index contributed by atoms with van der Waals surface area (Å²) < 4.78 is 5.84. The normalized spacial score (nSPS) is 19.3. The average molecular weight is 599 g/mol. The van der Waals surface area contributed by atoms with Gasteiger partial charge in [-0.25, -0.2) is 4.79 Å². The van der Waals surface area contributed by atoms with Gasteiger partial charge in [0.25, 0.3) is 0 Å². The molecule has 9 nitrogen and oxygen atoms in total. The molecule has 1 saturated heterocycles. The van der Waals surface area contributed by atoms with E-state index in [1.54, 1.807) is 36.2 Å². The molecule has 1 aliphatic carbocycles. The zero-order valence-corrected chi connectivity index (χ0v) is 25.3. The number of likely N-dealkylation sites (tertiary alicyclic amines) is 1. The number of carbonyl (C=O) groups excluding carboxylic acids is 3. The average Bonchev–Trinajstić information content (AvgIpc) is 3.59. The molecule has 9 heteroatoms. The second kappa shape index (κ2) is 15.0. The molecule has 3 atom stereocenters. The zero-order valence-electron chi connectivity index (χ0n) is 25.3. The summed E-state index contributed by atoms with van der Waals surface area (Å²) in [4.78, 5) is 41.8. The fraction of sp³-hybridized carbons (Fsp3) is 0.400. The fourth-order valence-corrected chi connectivity index (χ4v) is 6.34. The van der Waals surface area contributed by atoms with E-state index in [0.717, 1.165) is 48.3 Å². The highest BCUT2D eigenvalue weighted by atomic mass is 16.6. The third-order valence-corrected chi connectivity index (χ3v) is 8.69. The van der Waals surface area contributed by atoms with Gasteiger partial charge in [0.1, 0.15) is 6.10 Å². The maximum atomic E-state index is 12.8. The number of amides is 3. The van der Waals surface area contributed by atoms with Crippen LogP contribution < -0.4 is 10.6 Å². The molecule has 3 amide bonds. The topological polar surface area (TPSA) is 111 Å². The summed E-state index contributed by atoms with van der Waals surface area (Å²) in [6, 6.07) is 24.8. The van der Waals surface area contributed by atoms with E-state index in [4.69, 9.17) is 9.84 Å². The van der Waals surface area contributed by atoms with Crippen LogP contribution >= 0.6 is 0 Å². The first-order valence-corrected chi connectivity index (χ1v) is 15.5. The van der Waals surface area contributed by atoms with Gasteiger partial charge in [-0.1, -0.05) is 60.7 Å². The van der Waals surface area contributed by atoms with Gasteiger partial charge in [-0.3, -0.25) is 14.9 Å². The minimum Gasteiger partial charge on any atom is -0.446 e. The van der Waals surface area contributed by atoms with Crippen molar-refractivity contribution in [2.75, 3.05) is 43.9 Å². The number of nitrogens with one attached hydrogen (secondary N) is 2. The Labute approximate surface area is 259 Å². The third kappa shape index (κ3) is 8.45. The minimum atomic E-state index is -0.418. The van der Waals surface area contributed by atoms with E-state index >= 15 is 0 Å². The van der Waals surface area contributed by atoms with Crippen molar-refractivity contribution in [2.45, 2.75) is 44.8 Å². The highest BCUT2D eigenvalue weighted by Gasteiger charge is 2.42. The molecular weight excluding hydrogens is 556 g/mol. The van der Waals surface area contributed by atoms with Crippen LogP contribution in [-0.2, 0) is 20.9 Å². The van der Waals surface area contributed by atoms with Crippen LogP contribution in [-0.4, -0.2) is 72.1 Å². The van der Waals surface area contributed by atoms with E-state index < -0.39 is 6.09 Å². The van der Waals surface area contributed by atoms with Gasteiger partial charge in [0.05, 0.1) is 12.3 Å². The maximum Gasteiger partial charge on any atom is 0.411 e. The van der Waals surface area contributed by atoms with Crippen LogP contribution in [0.5, 0.6) is 0 Å². The predicted molar refractivity (Wildman–Crippen MR) is 171 cm³/mol. The van der Waals surface area contributed by atoms with Gasteiger partial charge in [-0.2, -0.15) is 0 Å². The molecule has 5 rings (SSSR count). The van der Waals surface area contributed by atoms with Crippen LogP contribution in [0.3, 0.4) is 0 Å². The Morgan fingerprint density at radius 2 is 1.57 bits per heavy atom. The Hall–Kier alpha value is -4.21. The van der Waals surface area contributed by atoms with E-state index in [1.165, 1.54) is 0 Å². The van der Waals surface area contributed by atoms with Crippen LogP contribution in [0, 0.1) is 11.8 Å². The molecule has 0 spiro atoms. The van der Waals surface area contributed by atoms with Crippen LogP contribution in [0.25, 0.3) is 11.1 Å². The summed E-state index contributed by atoms with van der Waals surface area (Å²) in [6.07, 6.45) is 2.54. The molecule has 1 saturated carbocycles. The van der Waals surface area contributed by atoms with Crippen molar-refractivity contribution >= 4 is 29.3 Å². The van der Waals surface area contributed by atoms with Crippen molar-refractivity contribution in [2.24, 2.45) is 11.8 Å². The van der Waals surface area contributed by atoms with Crippen LogP contribution in [0.4, 0.5) is 16.2 Å². The smallest absolute Gasteiger partial charge is 0.411 e. The third-order valence-electron chi connectivity index (χ3n) is 8.69. The van der Waals surface area contributed by atoms with E-state index in [9.17, 15) is 14.4 Å². The lowest BCUT2D eigenvalue weighted by Crippen LogP contribution is -2.33. The Balaban J connectivity index is 0.974. The number of benzene rings is 3. The highest BCUT2D eigenvalue weighted by molar-refractivity contribution is 5.92. The van der Waals surface area contributed by atoms with Crippen molar-refractivity contribution < 1.29 is 24.2 Å². The number of aliphatic hydroxyl groups excluding tert-OH is 1. The molecule has 1 heterocycles. The van der Waals surface area contributed by atoms with Gasteiger partial charge in [0.15, 0.2) is 0 Å². The van der Waals surface area contributed by atoms with Crippen molar-refractivity contribution in [3.8, 4) is 11.1 Å². The molecule has 2 fully saturated rings. The summed E-state index contributed by atoms with van der Waals surface area (Å²) in [5, 5.41) is 14.9. The molecule has 1 aliphatic heterocycles. The van der Waals surface area contributed by atoms with Gasteiger partial charge in [-0.15, -0.1) is 0 Å². The first-order chi connectivity index (χ1) is 21.4. The summed E-state index contributed by atoms with van der Waals surface area (Å²) in [5.41, 5.74) is 4.21. The standard InChI is InChI=1S/C35H42N4O5/c1-38(18-7-12-33(41)36-29-15-13-25(24-40)14-16-29)34(42)17-19-39-22-27-20-30(21-28(27)23-39)44-35(43)37-32-11-6-5-10-31(32)26-8-3-2-4-9-26/h2-6,8-11,13-16,27-28,30,40H,7,12,17-24H2,1H3,(H,36,41)(H,37,43)/t27-,28+,30?. The molecule has 3 aromatic carbocycles. The summed E-state index contributed by atoms with van der Waals surface area (Å²) in [5.74, 6) is 0.921. The lowest BCUT2D eigenvalue weighted by atomic mass is 10.0. The first kappa shape index (κ1) is 31.2. The van der Waals surface area contributed by atoms with Gasteiger partial charge in [0, 0.05) is 57.3 Å². The summed E-state index contributed by atoms with van der Waals surface area (Å²) in [7, 11) is 1.79. The molecular formula is C35H42N4O5. The van der Waals surface area contributed by atoms with Gasteiger partial charge < -0.3 is 25.0 Å². The number of nitrogens with zero attached hydrogens (tertiary/aromatic N) is 2. The number of hydrogen-bond donors (Lipinski definition) is 3. The molecule has 2 aliphatic rings. The van der Waals surface area contributed by atoms with Crippen LogP contribution in [0.15, 0.2) is 78.9 Å². The van der Waals surface area contributed by atoms with Crippen LogP contribution in [0.2, 0.25) is 0 Å². The Kier molecular flexibility index (Phi) is 10.6. The lowest BCUT2D eigenvalue weighted by molar-refractivity contribution is -0.130. The highest BCUT2D eigenvalue weighted by Crippen LogP contribution is 2.39. The van der Waals surface area contributed by atoms with E-state index in [2.05, 4.69) is 15.5 Å². The number of hydrogen-bond acceptors (Lipinski definition) is 6. The number of aliphatic hydroxyl groups is 1. The van der Waals surface area contributed by atoms with Crippen molar-refractivity contribution in [1.82, 2.24) is 9.80 Å².